The summed E-state index contributed by atoms with van der Waals surface area (Å²) in [7, 11) is 0. The Bertz CT molecular complexity index is 380. The average molecular weight is 223 g/mol. The van der Waals surface area contributed by atoms with Crippen LogP contribution in [-0.4, -0.2) is 40.6 Å². The van der Waals surface area contributed by atoms with Crippen LogP contribution in [0, 0.1) is 10.1 Å². The van der Waals surface area contributed by atoms with E-state index in [1.807, 2.05) is 4.90 Å². The number of nitro groups is 1. The predicted octanol–water partition coefficient (Wildman–Crippen LogP) is 0.183. The normalized spacial score (nSPS) is 20.8. The molecular weight excluding hydrogens is 210 g/mol. The summed E-state index contributed by atoms with van der Waals surface area (Å²) in [5.41, 5.74) is -0.0773. The Labute approximate surface area is 92.7 Å². The minimum absolute atomic E-state index is 0.0773. The molecule has 1 aromatic rings. The van der Waals surface area contributed by atoms with Crippen molar-refractivity contribution in [2.45, 2.75) is 13.0 Å². The standard InChI is InChI=1S/C9H13N5O2/c1-7-4-10-2-3-13(7)9-11-5-8(6-12-9)14(15)16/h5-7,10H,2-4H2,1H3/t7-/m0/s1. The van der Waals surface area contributed by atoms with Crippen LogP contribution in [0.5, 0.6) is 0 Å². The summed E-state index contributed by atoms with van der Waals surface area (Å²) in [6, 6.07) is 0.301. The Balaban J connectivity index is 2.17. The van der Waals surface area contributed by atoms with Crippen LogP contribution in [0.2, 0.25) is 0 Å². The van der Waals surface area contributed by atoms with Crippen molar-refractivity contribution in [1.29, 1.82) is 0 Å². The lowest BCUT2D eigenvalue weighted by molar-refractivity contribution is -0.385. The molecule has 0 radical (unpaired) electrons. The molecule has 1 aromatic heterocycles. The van der Waals surface area contributed by atoms with E-state index in [1.54, 1.807) is 0 Å². The Morgan fingerprint density at radius 1 is 1.56 bits per heavy atom. The van der Waals surface area contributed by atoms with Crippen molar-refractivity contribution in [3.05, 3.63) is 22.5 Å². The van der Waals surface area contributed by atoms with Gasteiger partial charge >= 0.3 is 5.69 Å². The third-order valence-electron chi connectivity index (χ3n) is 2.59. The number of hydrogen-bond acceptors (Lipinski definition) is 6. The van der Waals surface area contributed by atoms with Gasteiger partial charge in [-0.2, -0.15) is 0 Å². The molecule has 1 saturated heterocycles. The maximum atomic E-state index is 10.5. The molecule has 0 unspecified atom stereocenters. The van der Waals surface area contributed by atoms with Crippen molar-refractivity contribution >= 4 is 11.6 Å². The van der Waals surface area contributed by atoms with Crippen molar-refractivity contribution in [1.82, 2.24) is 15.3 Å². The highest BCUT2D eigenvalue weighted by Crippen LogP contribution is 2.15. The highest BCUT2D eigenvalue weighted by Gasteiger charge is 2.20. The van der Waals surface area contributed by atoms with Crippen molar-refractivity contribution in [2.24, 2.45) is 0 Å². The van der Waals surface area contributed by atoms with E-state index < -0.39 is 4.92 Å². The molecular formula is C9H13N5O2. The number of piperazine rings is 1. The van der Waals surface area contributed by atoms with E-state index in [9.17, 15) is 10.1 Å². The number of nitrogens with zero attached hydrogens (tertiary/aromatic N) is 4. The summed E-state index contributed by atoms with van der Waals surface area (Å²) in [5.74, 6) is 0.555. The number of hydrogen-bond donors (Lipinski definition) is 1. The lowest BCUT2D eigenvalue weighted by Gasteiger charge is -2.33. The molecule has 7 nitrogen and oxygen atoms in total. The Hall–Kier alpha value is -1.76. The van der Waals surface area contributed by atoms with Crippen LogP contribution in [0.15, 0.2) is 12.4 Å². The van der Waals surface area contributed by atoms with E-state index in [0.29, 0.717) is 12.0 Å². The summed E-state index contributed by atoms with van der Waals surface area (Å²) in [4.78, 5) is 20.0. The lowest BCUT2D eigenvalue weighted by atomic mass is 10.2. The molecule has 0 amide bonds. The molecule has 0 aliphatic carbocycles. The highest BCUT2D eigenvalue weighted by molar-refractivity contribution is 5.35. The molecule has 0 spiro atoms. The van der Waals surface area contributed by atoms with E-state index in [0.717, 1.165) is 19.6 Å². The fraction of sp³-hybridized carbons (Fsp3) is 0.556. The molecule has 0 bridgehead atoms. The van der Waals surface area contributed by atoms with E-state index in [4.69, 9.17) is 0 Å². The maximum absolute atomic E-state index is 10.5. The van der Waals surface area contributed by atoms with Gasteiger partial charge in [-0.05, 0) is 6.92 Å². The van der Waals surface area contributed by atoms with Gasteiger partial charge in [0.15, 0.2) is 0 Å². The molecule has 1 N–H and O–H groups in total. The van der Waals surface area contributed by atoms with E-state index in [2.05, 4.69) is 22.2 Å². The fourth-order valence-electron chi connectivity index (χ4n) is 1.70. The zero-order chi connectivity index (χ0) is 11.5. The zero-order valence-electron chi connectivity index (χ0n) is 8.96. The molecule has 16 heavy (non-hydrogen) atoms. The first-order valence-corrected chi connectivity index (χ1v) is 5.12. The van der Waals surface area contributed by atoms with Crippen molar-refractivity contribution < 1.29 is 4.92 Å². The van der Waals surface area contributed by atoms with Crippen LogP contribution in [-0.2, 0) is 0 Å². The molecule has 1 aliphatic heterocycles. The minimum Gasteiger partial charge on any atom is -0.336 e. The summed E-state index contributed by atoms with van der Waals surface area (Å²) in [5, 5.41) is 13.7. The second-order valence-corrected chi connectivity index (χ2v) is 3.74. The van der Waals surface area contributed by atoms with Gasteiger partial charge in [0, 0.05) is 25.7 Å². The second-order valence-electron chi connectivity index (χ2n) is 3.74. The summed E-state index contributed by atoms with van der Waals surface area (Å²) in [6.45, 7) is 4.64. The monoisotopic (exact) mass is 223 g/mol. The smallest absolute Gasteiger partial charge is 0.305 e. The molecule has 1 fully saturated rings. The average Bonchev–Trinajstić information content (AvgIpc) is 2.30. The molecule has 86 valence electrons. The summed E-state index contributed by atoms with van der Waals surface area (Å²) in [6.07, 6.45) is 2.49. The largest absolute Gasteiger partial charge is 0.336 e. The Morgan fingerprint density at radius 3 is 2.81 bits per heavy atom. The minimum atomic E-state index is -0.495. The number of rotatable bonds is 2. The van der Waals surface area contributed by atoms with E-state index in [-0.39, 0.29) is 5.69 Å². The first-order chi connectivity index (χ1) is 7.68. The van der Waals surface area contributed by atoms with Gasteiger partial charge in [-0.3, -0.25) is 10.1 Å². The number of nitrogens with one attached hydrogen (secondary N) is 1. The molecule has 2 heterocycles. The van der Waals surface area contributed by atoms with E-state index in [1.165, 1.54) is 12.4 Å². The lowest BCUT2D eigenvalue weighted by Crippen LogP contribution is -2.50. The van der Waals surface area contributed by atoms with Crippen molar-refractivity contribution in [3.63, 3.8) is 0 Å². The number of aromatic nitrogens is 2. The Morgan fingerprint density at radius 2 is 2.25 bits per heavy atom. The molecule has 0 aromatic carbocycles. The molecule has 7 heteroatoms. The van der Waals surface area contributed by atoms with Gasteiger partial charge in [0.2, 0.25) is 5.95 Å². The van der Waals surface area contributed by atoms with Crippen LogP contribution >= 0.6 is 0 Å². The summed E-state index contributed by atoms with van der Waals surface area (Å²) < 4.78 is 0. The molecule has 2 rings (SSSR count). The van der Waals surface area contributed by atoms with Crippen LogP contribution in [0.3, 0.4) is 0 Å². The molecule has 0 saturated carbocycles. The molecule has 1 aliphatic rings. The second kappa shape index (κ2) is 4.40. The first-order valence-electron chi connectivity index (χ1n) is 5.12. The van der Waals surface area contributed by atoms with Gasteiger partial charge in [0.25, 0.3) is 0 Å². The zero-order valence-corrected chi connectivity index (χ0v) is 8.96. The predicted molar refractivity (Wildman–Crippen MR) is 58.4 cm³/mol. The maximum Gasteiger partial charge on any atom is 0.305 e. The topological polar surface area (TPSA) is 84.2 Å². The van der Waals surface area contributed by atoms with E-state index >= 15 is 0 Å². The SMILES string of the molecule is C[C@H]1CNCCN1c1ncc([N+](=O)[O-])cn1. The fourth-order valence-corrected chi connectivity index (χ4v) is 1.70. The first kappa shape index (κ1) is 10.7. The van der Waals surface area contributed by atoms with Gasteiger partial charge < -0.3 is 10.2 Å². The Kier molecular flexibility index (Phi) is 2.95. The van der Waals surface area contributed by atoms with Gasteiger partial charge in [-0.15, -0.1) is 0 Å². The third kappa shape index (κ3) is 2.08. The highest BCUT2D eigenvalue weighted by atomic mass is 16.6. The van der Waals surface area contributed by atoms with Gasteiger partial charge in [-0.1, -0.05) is 0 Å². The van der Waals surface area contributed by atoms with Crippen molar-refractivity contribution in [2.75, 3.05) is 24.5 Å². The van der Waals surface area contributed by atoms with Gasteiger partial charge in [0.05, 0.1) is 4.92 Å². The van der Waals surface area contributed by atoms with Crippen LogP contribution in [0.25, 0.3) is 0 Å². The van der Waals surface area contributed by atoms with Gasteiger partial charge in [0.1, 0.15) is 12.4 Å². The third-order valence-corrected chi connectivity index (χ3v) is 2.59. The van der Waals surface area contributed by atoms with Crippen molar-refractivity contribution in [3.8, 4) is 0 Å². The van der Waals surface area contributed by atoms with Crippen LogP contribution in [0.1, 0.15) is 6.92 Å². The molecule has 1 atom stereocenters. The summed E-state index contributed by atoms with van der Waals surface area (Å²) >= 11 is 0. The van der Waals surface area contributed by atoms with Gasteiger partial charge in [-0.25, -0.2) is 9.97 Å². The van der Waals surface area contributed by atoms with Crippen LogP contribution < -0.4 is 10.2 Å². The quantitative estimate of drug-likeness (QED) is 0.569. The number of anilines is 1. The van der Waals surface area contributed by atoms with Crippen LogP contribution in [0.4, 0.5) is 11.6 Å².